The van der Waals surface area contributed by atoms with E-state index in [1.165, 1.54) is 0 Å². The average Bonchev–Trinajstić information content (AvgIpc) is 2.86. The second-order valence-corrected chi connectivity index (χ2v) is 9.83. The summed E-state index contributed by atoms with van der Waals surface area (Å²) >= 11 is 3.55. The Kier molecular flexibility index (Phi) is 4.98. The van der Waals surface area contributed by atoms with E-state index >= 15 is 0 Å². The molecule has 2 heterocycles. The van der Waals surface area contributed by atoms with E-state index in [1.54, 1.807) is 0 Å². The molecule has 0 atom stereocenters. The zero-order valence-corrected chi connectivity index (χ0v) is 18.7. The topological polar surface area (TPSA) is 36.9 Å². The van der Waals surface area contributed by atoms with Gasteiger partial charge in [-0.3, -0.25) is 0 Å². The van der Waals surface area contributed by atoms with E-state index < -0.39 is 25.4 Å². The lowest BCUT2D eigenvalue weighted by molar-refractivity contribution is 0.00578. The third-order valence-corrected chi connectivity index (χ3v) is 6.97. The highest BCUT2D eigenvalue weighted by atomic mass is 79.9. The first-order valence-electron chi connectivity index (χ1n) is 9.20. The van der Waals surface area contributed by atoms with Crippen molar-refractivity contribution in [3.05, 3.63) is 23.8 Å². The van der Waals surface area contributed by atoms with Crippen molar-refractivity contribution in [1.29, 1.82) is 0 Å². The van der Waals surface area contributed by atoms with Gasteiger partial charge in [0.2, 0.25) is 0 Å². The Morgan fingerprint density at radius 1 is 0.692 bits per heavy atom. The first kappa shape index (κ1) is 20.4. The Bertz CT molecular complexity index is 671. The number of alkyl halides is 1. The van der Waals surface area contributed by atoms with Gasteiger partial charge in [0.05, 0.1) is 22.4 Å². The Morgan fingerprint density at radius 2 is 1.08 bits per heavy atom. The first-order valence-corrected chi connectivity index (χ1v) is 10.3. The molecule has 1 aromatic rings. The van der Waals surface area contributed by atoms with Gasteiger partial charge in [-0.2, -0.15) is 0 Å². The van der Waals surface area contributed by atoms with Crippen LogP contribution in [0.2, 0.25) is 0 Å². The average molecular weight is 423 g/mol. The minimum Gasteiger partial charge on any atom is -0.399 e. The van der Waals surface area contributed by atoms with E-state index in [-0.39, 0.29) is 11.2 Å². The second kappa shape index (κ2) is 6.35. The summed E-state index contributed by atoms with van der Waals surface area (Å²) in [6.45, 7) is 16.5. The molecule has 2 aliphatic rings. The van der Waals surface area contributed by atoms with Crippen LogP contribution in [-0.4, -0.2) is 36.6 Å². The van der Waals surface area contributed by atoms with Crippen molar-refractivity contribution in [2.45, 2.75) is 83.1 Å². The molecule has 2 fully saturated rings. The van der Waals surface area contributed by atoms with Crippen LogP contribution in [0.25, 0.3) is 0 Å². The molecule has 4 nitrogen and oxygen atoms in total. The summed E-state index contributed by atoms with van der Waals surface area (Å²) in [4.78, 5) is 0. The number of halogens is 1. The molecule has 3 rings (SSSR count). The van der Waals surface area contributed by atoms with Crippen molar-refractivity contribution >= 4 is 41.1 Å². The third kappa shape index (κ3) is 3.30. The quantitative estimate of drug-likeness (QED) is 0.553. The lowest BCUT2D eigenvalue weighted by atomic mass is 9.64. The van der Waals surface area contributed by atoms with Crippen molar-refractivity contribution in [3.63, 3.8) is 0 Å². The fourth-order valence-corrected chi connectivity index (χ4v) is 3.41. The van der Waals surface area contributed by atoms with Crippen molar-refractivity contribution in [3.8, 4) is 0 Å². The minimum atomic E-state index is -0.451. The van der Waals surface area contributed by atoms with E-state index in [4.69, 9.17) is 18.6 Å². The molecule has 0 N–H and O–H groups in total. The first-order chi connectivity index (χ1) is 11.8. The molecule has 2 saturated heterocycles. The predicted octanol–water partition coefficient (Wildman–Crippen LogP) is 3.18. The fourth-order valence-electron chi connectivity index (χ4n) is 3.07. The summed E-state index contributed by atoms with van der Waals surface area (Å²) in [5, 5.41) is 0.767. The Labute approximate surface area is 166 Å². The monoisotopic (exact) mass is 422 g/mol. The van der Waals surface area contributed by atoms with Crippen LogP contribution in [0.3, 0.4) is 0 Å². The van der Waals surface area contributed by atoms with Crippen molar-refractivity contribution in [2.24, 2.45) is 0 Å². The van der Waals surface area contributed by atoms with Gasteiger partial charge in [-0.15, -0.1) is 0 Å². The summed E-state index contributed by atoms with van der Waals surface area (Å²) in [5.74, 6) is 0. The van der Waals surface area contributed by atoms with E-state index in [0.717, 1.165) is 21.8 Å². The summed E-state index contributed by atoms with van der Waals surface area (Å²) in [6.07, 6.45) is 0. The lowest BCUT2D eigenvalue weighted by Crippen LogP contribution is -2.51. The van der Waals surface area contributed by atoms with Gasteiger partial charge in [-0.05, 0) is 71.9 Å². The minimum absolute atomic E-state index is 0.390. The molecular weight excluding hydrogens is 394 g/mol. The maximum Gasteiger partial charge on any atom is 0.494 e. The summed E-state index contributed by atoms with van der Waals surface area (Å²) in [6, 6.07) is 6.28. The normalized spacial score (nSPS) is 25.7. The molecule has 142 valence electrons. The highest BCUT2D eigenvalue weighted by Crippen LogP contribution is 2.38. The Balaban J connectivity index is 2.01. The standard InChI is InChI=1S/C19H29B2BrO4/c1-16(2)17(3,4)24-20(23-16)14-10-9-13(12-22)11-15(14)21-25-18(5,6)19(7,8)26-21/h9-11H,12H2,1-8H3. The molecule has 26 heavy (non-hydrogen) atoms. The molecule has 0 aromatic heterocycles. The molecule has 7 heteroatoms. The number of benzene rings is 1. The van der Waals surface area contributed by atoms with E-state index in [9.17, 15) is 0 Å². The molecule has 1 aromatic carbocycles. The van der Waals surface area contributed by atoms with E-state index in [0.29, 0.717) is 0 Å². The molecule has 0 bridgehead atoms. The molecule has 0 radical (unpaired) electrons. The van der Waals surface area contributed by atoms with Gasteiger partial charge < -0.3 is 18.6 Å². The SMILES string of the molecule is CC1(C)OB(c2ccc(CBr)cc2B2OC(C)(C)C(C)(C)O2)OC1(C)C. The summed E-state index contributed by atoms with van der Waals surface area (Å²) in [7, 11) is -0.897. The van der Waals surface area contributed by atoms with Crippen molar-refractivity contribution in [1.82, 2.24) is 0 Å². The van der Waals surface area contributed by atoms with Gasteiger partial charge in [-0.25, -0.2) is 0 Å². The molecule has 0 saturated carbocycles. The highest BCUT2D eigenvalue weighted by Gasteiger charge is 2.56. The molecule has 0 amide bonds. The number of hydrogen-bond acceptors (Lipinski definition) is 4. The Morgan fingerprint density at radius 3 is 1.46 bits per heavy atom. The van der Waals surface area contributed by atoms with Crippen LogP contribution in [-0.2, 0) is 23.9 Å². The van der Waals surface area contributed by atoms with Gasteiger partial charge in [0.1, 0.15) is 0 Å². The fraction of sp³-hybridized carbons (Fsp3) is 0.684. The number of hydrogen-bond donors (Lipinski definition) is 0. The van der Waals surface area contributed by atoms with Gasteiger partial charge in [0, 0.05) is 5.33 Å². The van der Waals surface area contributed by atoms with E-state index in [1.807, 2.05) is 0 Å². The predicted molar refractivity (Wildman–Crippen MR) is 111 cm³/mol. The zero-order chi connectivity index (χ0) is 19.5. The van der Waals surface area contributed by atoms with Crippen LogP contribution in [0.5, 0.6) is 0 Å². The molecule has 0 spiro atoms. The largest absolute Gasteiger partial charge is 0.494 e. The van der Waals surface area contributed by atoms with Crippen molar-refractivity contribution < 1.29 is 18.6 Å². The molecule has 0 aliphatic carbocycles. The molecule has 0 unspecified atom stereocenters. The highest BCUT2D eigenvalue weighted by molar-refractivity contribution is 9.08. The molecular formula is C19H29B2BrO4. The zero-order valence-electron chi connectivity index (χ0n) is 17.1. The van der Waals surface area contributed by atoms with Gasteiger partial charge in [0.25, 0.3) is 0 Å². The second-order valence-electron chi connectivity index (χ2n) is 9.27. The van der Waals surface area contributed by atoms with Crippen LogP contribution < -0.4 is 10.9 Å². The lowest BCUT2D eigenvalue weighted by Gasteiger charge is -2.32. The smallest absolute Gasteiger partial charge is 0.399 e. The van der Waals surface area contributed by atoms with E-state index in [2.05, 4.69) is 89.5 Å². The number of rotatable bonds is 3. The van der Waals surface area contributed by atoms with Gasteiger partial charge in [0.15, 0.2) is 0 Å². The van der Waals surface area contributed by atoms with Gasteiger partial charge in [-0.1, -0.05) is 34.1 Å². The third-order valence-electron chi connectivity index (χ3n) is 6.32. The van der Waals surface area contributed by atoms with Crippen LogP contribution in [0, 0.1) is 0 Å². The van der Waals surface area contributed by atoms with Crippen LogP contribution >= 0.6 is 15.9 Å². The van der Waals surface area contributed by atoms with Crippen molar-refractivity contribution in [2.75, 3.05) is 0 Å². The van der Waals surface area contributed by atoms with Gasteiger partial charge >= 0.3 is 14.2 Å². The van der Waals surface area contributed by atoms with Crippen LogP contribution in [0.15, 0.2) is 18.2 Å². The van der Waals surface area contributed by atoms with Crippen LogP contribution in [0.4, 0.5) is 0 Å². The maximum absolute atomic E-state index is 6.31. The summed E-state index contributed by atoms with van der Waals surface area (Å²) < 4.78 is 25.2. The maximum atomic E-state index is 6.31. The Hall–Kier alpha value is -0.330. The summed E-state index contributed by atoms with van der Waals surface area (Å²) in [5.41, 5.74) is 1.53. The molecule has 2 aliphatic heterocycles. The van der Waals surface area contributed by atoms with Crippen LogP contribution in [0.1, 0.15) is 61.0 Å².